The largest absolute Gasteiger partial charge is 0.405 e. The number of imide groups is 1. The lowest BCUT2D eigenvalue weighted by molar-refractivity contribution is -0.195. The highest BCUT2D eigenvalue weighted by Crippen LogP contribution is 2.29. The van der Waals surface area contributed by atoms with Gasteiger partial charge in [-0.25, -0.2) is 0 Å². The fraction of sp³-hybridized carbons (Fsp3) is 0.526. The second kappa shape index (κ2) is 8.32. The molecule has 30 heavy (non-hydrogen) atoms. The zero-order chi connectivity index (χ0) is 22.1. The molecule has 1 aromatic carbocycles. The van der Waals surface area contributed by atoms with Gasteiger partial charge in [0.25, 0.3) is 5.91 Å². The van der Waals surface area contributed by atoms with Crippen molar-refractivity contribution >= 4 is 23.4 Å². The SMILES string of the molecule is CN1CCN(CC(=O)Nc2ccc(C3(N)CCC(=O)NC3=O)cc2)C(C(F)(F)F)C1. The smallest absolute Gasteiger partial charge is 0.325 e. The summed E-state index contributed by atoms with van der Waals surface area (Å²) < 4.78 is 39.9. The predicted octanol–water partition coefficient (Wildman–Crippen LogP) is 0.394. The molecule has 0 aliphatic carbocycles. The van der Waals surface area contributed by atoms with Crippen LogP contribution in [0.5, 0.6) is 0 Å². The van der Waals surface area contributed by atoms with E-state index in [4.69, 9.17) is 5.73 Å². The number of amides is 3. The minimum absolute atomic E-state index is 0.117. The first-order valence-corrected chi connectivity index (χ1v) is 9.52. The average Bonchev–Trinajstić information content (AvgIpc) is 2.66. The zero-order valence-electron chi connectivity index (χ0n) is 16.5. The molecule has 2 heterocycles. The normalized spacial score (nSPS) is 26.4. The van der Waals surface area contributed by atoms with Crippen molar-refractivity contribution in [3.8, 4) is 0 Å². The highest BCUT2D eigenvalue weighted by atomic mass is 19.4. The number of piperazine rings is 1. The Kier molecular flexibility index (Phi) is 6.16. The first-order chi connectivity index (χ1) is 14.0. The Morgan fingerprint density at radius 2 is 1.93 bits per heavy atom. The standard InChI is InChI=1S/C19H24F3N5O3/c1-26-8-9-27(14(10-26)19(20,21)22)11-16(29)24-13-4-2-12(3-5-13)18(23)7-6-15(28)25-17(18)30/h2-5,14H,6-11,23H2,1H3,(H,24,29)(H,25,28,30). The third-order valence-electron chi connectivity index (χ3n) is 5.51. The molecule has 3 rings (SSSR count). The number of nitrogens with zero attached hydrogens (tertiary/aromatic N) is 2. The summed E-state index contributed by atoms with van der Waals surface area (Å²) in [5, 5.41) is 4.78. The average molecular weight is 427 g/mol. The molecule has 2 aliphatic rings. The van der Waals surface area contributed by atoms with Crippen LogP contribution in [-0.4, -0.2) is 73.0 Å². The van der Waals surface area contributed by atoms with Crippen LogP contribution in [0.3, 0.4) is 0 Å². The quantitative estimate of drug-likeness (QED) is 0.601. The first-order valence-electron chi connectivity index (χ1n) is 9.52. The van der Waals surface area contributed by atoms with Gasteiger partial charge in [-0.05, 0) is 31.2 Å². The van der Waals surface area contributed by atoms with Crippen LogP contribution >= 0.6 is 0 Å². The fourth-order valence-electron chi connectivity index (χ4n) is 3.69. The van der Waals surface area contributed by atoms with Gasteiger partial charge in [0.15, 0.2) is 0 Å². The summed E-state index contributed by atoms with van der Waals surface area (Å²) in [6.07, 6.45) is -4.15. The summed E-state index contributed by atoms with van der Waals surface area (Å²) in [5.41, 5.74) is 5.65. The minimum Gasteiger partial charge on any atom is -0.325 e. The van der Waals surface area contributed by atoms with Crippen molar-refractivity contribution in [1.82, 2.24) is 15.1 Å². The van der Waals surface area contributed by atoms with Gasteiger partial charge < -0.3 is 16.0 Å². The molecule has 2 unspecified atom stereocenters. The van der Waals surface area contributed by atoms with Gasteiger partial charge in [-0.2, -0.15) is 13.2 Å². The molecule has 2 aliphatic heterocycles. The number of hydrogen-bond acceptors (Lipinski definition) is 6. The van der Waals surface area contributed by atoms with Gasteiger partial charge in [0, 0.05) is 31.7 Å². The van der Waals surface area contributed by atoms with E-state index in [1.54, 1.807) is 24.1 Å². The van der Waals surface area contributed by atoms with Crippen LogP contribution in [0.2, 0.25) is 0 Å². The van der Waals surface area contributed by atoms with E-state index in [1.807, 2.05) is 0 Å². The van der Waals surface area contributed by atoms with Crippen LogP contribution in [-0.2, 0) is 19.9 Å². The molecule has 0 spiro atoms. The van der Waals surface area contributed by atoms with Gasteiger partial charge in [0.2, 0.25) is 11.8 Å². The summed E-state index contributed by atoms with van der Waals surface area (Å²) in [5.74, 6) is -1.54. The monoisotopic (exact) mass is 427 g/mol. The Bertz CT molecular complexity index is 830. The summed E-state index contributed by atoms with van der Waals surface area (Å²) in [6, 6.07) is 4.46. The zero-order valence-corrected chi connectivity index (χ0v) is 16.5. The third-order valence-corrected chi connectivity index (χ3v) is 5.51. The van der Waals surface area contributed by atoms with Crippen molar-refractivity contribution in [2.45, 2.75) is 30.6 Å². The van der Waals surface area contributed by atoms with E-state index >= 15 is 0 Å². The van der Waals surface area contributed by atoms with Crippen molar-refractivity contribution < 1.29 is 27.6 Å². The highest BCUT2D eigenvalue weighted by molar-refractivity contribution is 6.03. The third kappa shape index (κ3) is 4.79. The number of halogens is 3. The van der Waals surface area contributed by atoms with Crippen LogP contribution in [0.1, 0.15) is 18.4 Å². The number of hydrogen-bond donors (Lipinski definition) is 3. The number of anilines is 1. The number of carbonyl (C=O) groups is 3. The van der Waals surface area contributed by atoms with Gasteiger partial charge in [-0.1, -0.05) is 12.1 Å². The van der Waals surface area contributed by atoms with Crippen LogP contribution in [0.25, 0.3) is 0 Å². The Morgan fingerprint density at radius 1 is 1.27 bits per heavy atom. The summed E-state index contributed by atoms with van der Waals surface area (Å²) in [4.78, 5) is 38.5. The number of nitrogens with one attached hydrogen (secondary N) is 2. The van der Waals surface area contributed by atoms with Crippen LogP contribution in [0.15, 0.2) is 24.3 Å². The second-order valence-corrected chi connectivity index (χ2v) is 7.76. The fourth-order valence-corrected chi connectivity index (χ4v) is 3.69. The predicted molar refractivity (Wildman–Crippen MR) is 102 cm³/mol. The van der Waals surface area contributed by atoms with Gasteiger partial charge in [-0.3, -0.25) is 24.6 Å². The van der Waals surface area contributed by atoms with Crippen molar-refractivity contribution in [3.63, 3.8) is 0 Å². The molecular formula is C19H24F3N5O3. The molecule has 8 nitrogen and oxygen atoms in total. The first kappa shape index (κ1) is 22.2. The lowest BCUT2D eigenvalue weighted by Crippen LogP contribution is -2.59. The number of carbonyl (C=O) groups excluding carboxylic acids is 3. The van der Waals surface area contributed by atoms with Gasteiger partial charge in [-0.15, -0.1) is 0 Å². The summed E-state index contributed by atoms with van der Waals surface area (Å²) in [7, 11) is 1.62. The molecule has 2 atom stereocenters. The molecule has 2 saturated heterocycles. The molecule has 1 aromatic rings. The van der Waals surface area contributed by atoms with E-state index in [0.29, 0.717) is 17.8 Å². The van der Waals surface area contributed by atoms with Crippen LogP contribution in [0, 0.1) is 0 Å². The molecule has 0 bridgehead atoms. The molecule has 0 aromatic heterocycles. The second-order valence-electron chi connectivity index (χ2n) is 7.76. The summed E-state index contributed by atoms with van der Waals surface area (Å²) in [6.45, 7) is 0.00794. The van der Waals surface area contributed by atoms with Gasteiger partial charge in [0.1, 0.15) is 11.6 Å². The highest BCUT2D eigenvalue weighted by Gasteiger charge is 2.46. The van der Waals surface area contributed by atoms with Crippen molar-refractivity contribution in [2.24, 2.45) is 5.73 Å². The maximum absolute atomic E-state index is 13.3. The number of piperidine rings is 1. The lowest BCUT2D eigenvalue weighted by atomic mass is 9.83. The minimum atomic E-state index is -4.42. The number of rotatable bonds is 4. The summed E-state index contributed by atoms with van der Waals surface area (Å²) >= 11 is 0. The molecule has 164 valence electrons. The number of benzene rings is 1. The molecule has 0 saturated carbocycles. The number of likely N-dealkylation sites (N-methyl/N-ethyl adjacent to an activating group) is 1. The van der Waals surface area contributed by atoms with E-state index < -0.39 is 29.6 Å². The molecular weight excluding hydrogens is 403 g/mol. The Labute approximate surface area is 171 Å². The number of alkyl halides is 3. The van der Waals surface area contributed by atoms with Crippen LogP contribution < -0.4 is 16.4 Å². The van der Waals surface area contributed by atoms with E-state index in [-0.39, 0.29) is 38.4 Å². The van der Waals surface area contributed by atoms with E-state index in [2.05, 4.69) is 10.6 Å². The van der Waals surface area contributed by atoms with Crippen LogP contribution in [0.4, 0.5) is 18.9 Å². The Morgan fingerprint density at radius 3 is 2.53 bits per heavy atom. The molecule has 0 radical (unpaired) electrons. The Balaban J connectivity index is 1.63. The topological polar surface area (TPSA) is 108 Å². The lowest BCUT2D eigenvalue weighted by Gasteiger charge is -2.40. The maximum atomic E-state index is 13.3. The van der Waals surface area contributed by atoms with Gasteiger partial charge >= 0.3 is 6.18 Å². The van der Waals surface area contributed by atoms with E-state index in [0.717, 1.165) is 4.90 Å². The number of nitrogens with two attached hydrogens (primary N) is 1. The van der Waals surface area contributed by atoms with Crippen molar-refractivity contribution in [3.05, 3.63) is 29.8 Å². The Hall–Kier alpha value is -2.50. The van der Waals surface area contributed by atoms with E-state index in [1.165, 1.54) is 12.1 Å². The van der Waals surface area contributed by atoms with E-state index in [9.17, 15) is 27.6 Å². The molecule has 11 heteroatoms. The van der Waals surface area contributed by atoms with Gasteiger partial charge in [0.05, 0.1) is 6.54 Å². The maximum Gasteiger partial charge on any atom is 0.405 e. The molecule has 2 fully saturated rings. The van der Waals surface area contributed by atoms with Crippen molar-refractivity contribution in [1.29, 1.82) is 0 Å². The molecule has 4 N–H and O–H groups in total. The van der Waals surface area contributed by atoms with Crippen molar-refractivity contribution in [2.75, 3.05) is 38.5 Å². The molecule has 3 amide bonds.